The van der Waals surface area contributed by atoms with Gasteiger partial charge in [0.25, 0.3) is 0 Å². The molecule has 0 unspecified atom stereocenters. The average Bonchev–Trinajstić information content (AvgIpc) is 3.45. The molecule has 0 atom stereocenters. The summed E-state index contributed by atoms with van der Waals surface area (Å²) < 4.78 is 55.0. The van der Waals surface area contributed by atoms with Gasteiger partial charge in [-0.2, -0.15) is 0 Å². The third kappa shape index (κ3) is 11.1. The van der Waals surface area contributed by atoms with Crippen molar-refractivity contribution in [3.8, 4) is 17.2 Å². The summed E-state index contributed by atoms with van der Waals surface area (Å²) in [5, 5.41) is 23.7. The fourth-order valence-corrected chi connectivity index (χ4v) is 7.24. The molecule has 2 saturated carbocycles. The van der Waals surface area contributed by atoms with Crippen molar-refractivity contribution >= 4 is 49.7 Å². The van der Waals surface area contributed by atoms with Crippen LogP contribution in [0.15, 0.2) is 24.3 Å². The van der Waals surface area contributed by atoms with Crippen LogP contribution in [0, 0.1) is 0 Å². The summed E-state index contributed by atoms with van der Waals surface area (Å²) in [5.41, 5.74) is 1.18. The van der Waals surface area contributed by atoms with E-state index in [0.29, 0.717) is 23.0 Å². The molecule has 2 amide bonds. The first-order valence-electron chi connectivity index (χ1n) is 16.0. The Balaban J connectivity index is 0.000000266. The second kappa shape index (κ2) is 15.8. The Bertz CT molecular complexity index is 1760. The van der Waals surface area contributed by atoms with Crippen molar-refractivity contribution in [2.24, 2.45) is 0 Å². The zero-order valence-corrected chi connectivity index (χ0v) is 30.5. The predicted octanol–water partition coefficient (Wildman–Crippen LogP) is 4.57. The number of sulfonamides is 2. The Morgan fingerprint density at radius 1 is 0.816 bits per heavy atom. The van der Waals surface area contributed by atoms with Crippen LogP contribution in [-0.4, -0.2) is 83.4 Å². The number of rotatable bonds is 10. The maximum atomic E-state index is 11.9. The van der Waals surface area contributed by atoms with Crippen LogP contribution < -0.4 is 19.5 Å². The SMILES string of the molecule is CC1(c2cc(C=O)cc(NC(=O)CNS(C)(=O)=O)c2O)CCCC1.CN(C)C(=O)Oc1cc(NS(C)(=O)=O)c(O)c(C2(C)CCCCC2)c1. The summed E-state index contributed by atoms with van der Waals surface area (Å²) in [6, 6.07) is 5.99. The molecular formula is C33H48N4O10S2. The first-order valence-corrected chi connectivity index (χ1v) is 19.8. The Kier molecular flexibility index (Phi) is 12.7. The molecule has 2 aromatic carbocycles. The topological polar surface area (TPSA) is 209 Å². The Hall–Kier alpha value is -3.89. The number of nitrogens with one attached hydrogen (secondary N) is 3. The number of ether oxygens (including phenoxy) is 1. The van der Waals surface area contributed by atoms with Gasteiger partial charge in [-0.3, -0.25) is 14.3 Å². The normalized spacial score (nSPS) is 16.9. The van der Waals surface area contributed by atoms with Crippen LogP contribution in [0.3, 0.4) is 0 Å². The Morgan fingerprint density at radius 3 is 1.82 bits per heavy atom. The number of aldehydes is 1. The van der Waals surface area contributed by atoms with Crippen LogP contribution in [0.1, 0.15) is 93.1 Å². The zero-order valence-electron chi connectivity index (χ0n) is 28.9. The van der Waals surface area contributed by atoms with Crippen LogP contribution in [0.4, 0.5) is 16.2 Å². The van der Waals surface area contributed by atoms with Crippen molar-refractivity contribution in [1.82, 2.24) is 9.62 Å². The van der Waals surface area contributed by atoms with Gasteiger partial charge in [-0.05, 0) is 54.7 Å². The lowest BCUT2D eigenvalue weighted by molar-refractivity contribution is -0.115. The summed E-state index contributed by atoms with van der Waals surface area (Å²) in [6.07, 6.45) is 10.9. The number of phenols is 2. The highest BCUT2D eigenvalue weighted by molar-refractivity contribution is 7.92. The van der Waals surface area contributed by atoms with E-state index in [2.05, 4.69) is 14.8 Å². The first-order chi connectivity index (χ1) is 22.7. The number of benzene rings is 2. The molecule has 0 bridgehead atoms. The average molecular weight is 725 g/mol. The zero-order chi connectivity index (χ0) is 36.8. The molecule has 49 heavy (non-hydrogen) atoms. The van der Waals surface area contributed by atoms with Crippen molar-refractivity contribution in [3.63, 3.8) is 0 Å². The van der Waals surface area contributed by atoms with Gasteiger partial charge in [0.1, 0.15) is 23.5 Å². The van der Waals surface area contributed by atoms with E-state index in [4.69, 9.17) is 4.74 Å². The molecule has 14 nitrogen and oxygen atoms in total. The molecule has 2 aromatic rings. The molecule has 2 aliphatic rings. The molecule has 0 heterocycles. The van der Waals surface area contributed by atoms with E-state index < -0.39 is 38.6 Å². The summed E-state index contributed by atoms with van der Waals surface area (Å²) >= 11 is 0. The molecule has 0 radical (unpaired) electrons. The minimum Gasteiger partial charge on any atom is -0.505 e. The molecule has 0 spiro atoms. The number of carbonyl (C=O) groups excluding carboxylic acids is 3. The van der Waals surface area contributed by atoms with E-state index in [-0.39, 0.29) is 39.5 Å². The quantitative estimate of drug-likeness (QED) is 0.170. The van der Waals surface area contributed by atoms with E-state index in [9.17, 15) is 41.4 Å². The summed E-state index contributed by atoms with van der Waals surface area (Å²) in [4.78, 5) is 36.2. The number of aromatic hydroxyl groups is 2. The lowest BCUT2D eigenvalue weighted by Crippen LogP contribution is -2.32. The second-order valence-corrected chi connectivity index (χ2v) is 17.2. The van der Waals surface area contributed by atoms with Crippen LogP contribution in [0.5, 0.6) is 17.2 Å². The van der Waals surface area contributed by atoms with Crippen molar-refractivity contribution in [2.75, 3.05) is 43.2 Å². The van der Waals surface area contributed by atoms with Crippen molar-refractivity contribution < 1.29 is 46.2 Å². The van der Waals surface area contributed by atoms with Gasteiger partial charge in [0, 0.05) is 36.9 Å². The van der Waals surface area contributed by atoms with Gasteiger partial charge in [-0.1, -0.05) is 46.0 Å². The number of hydrogen-bond acceptors (Lipinski definition) is 10. The summed E-state index contributed by atoms with van der Waals surface area (Å²) in [7, 11) is -3.97. The standard InChI is InChI=1S/C17H26N2O5S.C16H22N2O5S/c1-17(8-6-5-7-9-17)13-10-12(24-16(21)19(2)3)11-14(15(13)20)18-25(4,22)23;1-16(5-3-4-6-16)12-7-11(10-19)8-13(15(12)21)18-14(20)9-17-24(2,22)23/h10-11,18,20H,5-9H2,1-4H3;7-8,10,17,21H,3-6,9H2,1-2H3,(H,18,20). The van der Waals surface area contributed by atoms with E-state index in [1.54, 1.807) is 26.2 Å². The van der Waals surface area contributed by atoms with Crippen LogP contribution in [0.2, 0.25) is 0 Å². The summed E-state index contributed by atoms with van der Waals surface area (Å²) in [5.74, 6) is -0.608. The number of hydrogen-bond donors (Lipinski definition) is 5. The number of nitrogens with zero attached hydrogens (tertiary/aromatic N) is 1. The molecule has 2 aliphatic carbocycles. The molecule has 2 fully saturated rings. The molecular weight excluding hydrogens is 677 g/mol. The van der Waals surface area contributed by atoms with Gasteiger partial charge in [0.2, 0.25) is 26.0 Å². The van der Waals surface area contributed by atoms with Crippen LogP contribution in [0.25, 0.3) is 0 Å². The molecule has 4 rings (SSSR count). The van der Waals surface area contributed by atoms with Gasteiger partial charge in [-0.25, -0.2) is 26.4 Å². The highest BCUT2D eigenvalue weighted by Gasteiger charge is 2.35. The molecule has 16 heteroatoms. The monoisotopic (exact) mass is 724 g/mol. The van der Waals surface area contributed by atoms with E-state index >= 15 is 0 Å². The fourth-order valence-electron chi connectivity index (χ4n) is 6.29. The lowest BCUT2D eigenvalue weighted by Gasteiger charge is -2.35. The lowest BCUT2D eigenvalue weighted by atomic mass is 9.70. The van der Waals surface area contributed by atoms with Gasteiger partial charge < -0.3 is 25.2 Å². The minimum atomic E-state index is -3.59. The van der Waals surface area contributed by atoms with Gasteiger partial charge in [-0.15, -0.1) is 0 Å². The minimum absolute atomic E-state index is 0.0216. The van der Waals surface area contributed by atoms with Crippen molar-refractivity contribution in [1.29, 1.82) is 0 Å². The number of anilines is 2. The molecule has 0 saturated heterocycles. The van der Waals surface area contributed by atoms with Crippen LogP contribution >= 0.6 is 0 Å². The Labute approximate surface area is 288 Å². The molecule has 0 aliphatic heterocycles. The third-order valence-electron chi connectivity index (χ3n) is 8.95. The highest BCUT2D eigenvalue weighted by atomic mass is 32.2. The smallest absolute Gasteiger partial charge is 0.414 e. The fraction of sp³-hybridized carbons (Fsp3) is 0.545. The maximum Gasteiger partial charge on any atom is 0.414 e. The predicted molar refractivity (Wildman–Crippen MR) is 188 cm³/mol. The van der Waals surface area contributed by atoms with Crippen molar-refractivity contribution in [3.05, 3.63) is 41.0 Å². The van der Waals surface area contributed by atoms with E-state index in [1.807, 2.05) is 13.8 Å². The van der Waals surface area contributed by atoms with E-state index in [1.165, 1.54) is 17.0 Å². The van der Waals surface area contributed by atoms with Crippen molar-refractivity contribution in [2.45, 2.75) is 82.5 Å². The largest absolute Gasteiger partial charge is 0.505 e. The van der Waals surface area contributed by atoms with Gasteiger partial charge in [0.05, 0.1) is 30.4 Å². The highest BCUT2D eigenvalue weighted by Crippen LogP contribution is 2.48. The molecule has 272 valence electrons. The number of amides is 2. The number of phenolic OH excluding ortho intramolecular Hbond substituents is 2. The van der Waals surface area contributed by atoms with Gasteiger partial charge >= 0.3 is 6.09 Å². The van der Waals surface area contributed by atoms with Gasteiger partial charge in [0.15, 0.2) is 0 Å². The summed E-state index contributed by atoms with van der Waals surface area (Å²) in [6.45, 7) is 3.62. The Morgan fingerprint density at radius 2 is 1.33 bits per heavy atom. The maximum absolute atomic E-state index is 11.9. The molecule has 5 N–H and O–H groups in total. The second-order valence-electron chi connectivity index (χ2n) is 13.6. The number of carbonyl (C=O) groups is 3. The third-order valence-corrected chi connectivity index (χ3v) is 10.2. The molecule has 0 aromatic heterocycles. The first kappa shape index (κ1) is 39.5. The van der Waals surface area contributed by atoms with Crippen LogP contribution in [-0.2, 0) is 35.7 Å². The van der Waals surface area contributed by atoms with E-state index in [0.717, 1.165) is 70.3 Å².